The van der Waals surface area contributed by atoms with Gasteiger partial charge in [-0.3, -0.25) is 9.20 Å². The number of pyridine rings is 1. The Hall–Kier alpha value is -3.58. The first kappa shape index (κ1) is 19.4. The number of aromatic nitrogens is 4. The monoisotopic (exact) mass is 428 g/mol. The second-order valence-electron chi connectivity index (χ2n) is 7.14. The zero-order valence-electron chi connectivity index (χ0n) is 16.6. The van der Waals surface area contributed by atoms with Gasteiger partial charge in [-0.1, -0.05) is 42.1 Å². The summed E-state index contributed by atoms with van der Waals surface area (Å²) in [6.45, 7) is 1.88. The van der Waals surface area contributed by atoms with Crippen molar-refractivity contribution >= 4 is 28.2 Å². The van der Waals surface area contributed by atoms with Gasteiger partial charge < -0.3 is 0 Å². The van der Waals surface area contributed by atoms with Crippen molar-refractivity contribution in [1.82, 2.24) is 19.6 Å². The van der Waals surface area contributed by atoms with E-state index < -0.39 is 0 Å². The van der Waals surface area contributed by atoms with Crippen LogP contribution in [0.1, 0.15) is 11.4 Å². The Balaban J connectivity index is 1.51. The van der Waals surface area contributed by atoms with Crippen molar-refractivity contribution in [1.29, 1.82) is 0 Å². The number of rotatable bonds is 4. The number of thioether (sulfide) groups is 1. The third kappa shape index (κ3) is 3.68. The van der Waals surface area contributed by atoms with Crippen molar-refractivity contribution in [3.8, 4) is 11.3 Å². The molecule has 2 aromatic carbocycles. The molecule has 7 heteroatoms. The largest absolute Gasteiger partial charge is 0.269 e. The van der Waals surface area contributed by atoms with Crippen LogP contribution in [0.2, 0.25) is 0 Å². The summed E-state index contributed by atoms with van der Waals surface area (Å²) >= 11 is 1.49. The minimum absolute atomic E-state index is 0.0960. The molecule has 0 spiro atoms. The molecule has 0 aliphatic heterocycles. The molecule has 0 atom stereocenters. The van der Waals surface area contributed by atoms with E-state index in [1.807, 2.05) is 49.4 Å². The Morgan fingerprint density at radius 2 is 1.71 bits per heavy atom. The average Bonchev–Trinajstić information content (AvgIpc) is 2.78. The third-order valence-electron chi connectivity index (χ3n) is 5.06. The number of hydrogen-bond donors (Lipinski definition) is 0. The summed E-state index contributed by atoms with van der Waals surface area (Å²) in [5.74, 6) is 0.205. The average molecular weight is 428 g/mol. The maximum absolute atomic E-state index is 13.3. The van der Waals surface area contributed by atoms with E-state index >= 15 is 0 Å². The van der Waals surface area contributed by atoms with Crippen LogP contribution < -0.4 is 5.56 Å². The van der Waals surface area contributed by atoms with E-state index in [4.69, 9.17) is 0 Å². The third-order valence-corrected chi connectivity index (χ3v) is 6.08. The van der Waals surface area contributed by atoms with E-state index in [9.17, 15) is 9.18 Å². The Morgan fingerprint density at radius 1 is 0.935 bits per heavy atom. The molecular formula is C24H17FN4OS. The van der Waals surface area contributed by atoms with E-state index in [2.05, 4.69) is 15.2 Å². The van der Waals surface area contributed by atoms with Crippen LogP contribution in [0.25, 0.3) is 27.7 Å². The fourth-order valence-electron chi connectivity index (χ4n) is 3.59. The summed E-state index contributed by atoms with van der Waals surface area (Å²) in [6, 6.07) is 21.3. The molecule has 0 aliphatic rings. The van der Waals surface area contributed by atoms with Crippen LogP contribution in [0.3, 0.4) is 0 Å². The molecule has 0 bridgehead atoms. The van der Waals surface area contributed by atoms with E-state index in [0.717, 1.165) is 27.1 Å². The molecular weight excluding hydrogens is 411 g/mol. The van der Waals surface area contributed by atoms with Crippen molar-refractivity contribution in [3.63, 3.8) is 0 Å². The topological polar surface area (TPSA) is 60.2 Å². The number of fused-ring (bicyclic) bond motifs is 2. The van der Waals surface area contributed by atoms with Gasteiger partial charge in [-0.15, -0.1) is 10.2 Å². The molecule has 3 aromatic heterocycles. The van der Waals surface area contributed by atoms with Crippen LogP contribution in [0, 0.1) is 12.7 Å². The lowest BCUT2D eigenvalue weighted by Gasteiger charge is -2.10. The van der Waals surface area contributed by atoms with Gasteiger partial charge in [0, 0.05) is 33.8 Å². The van der Waals surface area contributed by atoms with Gasteiger partial charge >= 0.3 is 0 Å². The van der Waals surface area contributed by atoms with Crippen LogP contribution in [-0.4, -0.2) is 19.6 Å². The van der Waals surface area contributed by atoms with Gasteiger partial charge in [0.2, 0.25) is 0 Å². The number of nitrogens with zero attached hydrogens (tertiary/aromatic N) is 4. The highest BCUT2D eigenvalue weighted by Crippen LogP contribution is 2.32. The Kier molecular flexibility index (Phi) is 4.95. The van der Waals surface area contributed by atoms with Gasteiger partial charge in [-0.25, -0.2) is 9.37 Å². The van der Waals surface area contributed by atoms with Crippen LogP contribution in [0.4, 0.5) is 4.39 Å². The molecule has 3 heterocycles. The predicted molar refractivity (Wildman–Crippen MR) is 121 cm³/mol. The lowest BCUT2D eigenvalue weighted by atomic mass is 10.1. The molecule has 5 nitrogen and oxygen atoms in total. The summed E-state index contributed by atoms with van der Waals surface area (Å²) in [7, 11) is 0. The van der Waals surface area contributed by atoms with E-state index in [1.165, 1.54) is 23.9 Å². The van der Waals surface area contributed by atoms with E-state index in [-0.39, 0.29) is 11.4 Å². The van der Waals surface area contributed by atoms with Crippen LogP contribution in [0.15, 0.2) is 82.6 Å². The molecule has 0 aliphatic carbocycles. The lowest BCUT2D eigenvalue weighted by Crippen LogP contribution is -2.17. The lowest BCUT2D eigenvalue weighted by molar-refractivity contribution is 0.628. The summed E-state index contributed by atoms with van der Waals surface area (Å²) in [5, 5.41) is 11.5. The fraction of sp³-hybridized carbons (Fsp3) is 0.0833. The first-order valence-electron chi connectivity index (χ1n) is 9.72. The molecule has 0 unspecified atom stereocenters. The molecule has 152 valence electrons. The Bertz CT molecular complexity index is 1480. The second-order valence-corrected chi connectivity index (χ2v) is 8.11. The fourth-order valence-corrected chi connectivity index (χ4v) is 4.45. The number of aryl methyl sites for hydroxylation is 1. The molecule has 0 amide bonds. The Labute approximate surface area is 181 Å². The highest BCUT2D eigenvalue weighted by molar-refractivity contribution is 7.98. The zero-order chi connectivity index (χ0) is 21.4. The summed E-state index contributed by atoms with van der Waals surface area (Å²) in [4.78, 5) is 17.2. The second kappa shape index (κ2) is 7.92. The zero-order valence-corrected chi connectivity index (χ0v) is 17.4. The van der Waals surface area contributed by atoms with Crippen LogP contribution >= 0.6 is 11.8 Å². The minimum atomic E-state index is -0.290. The smallest absolute Gasteiger partial charge is 0.258 e. The molecule has 0 N–H and O–H groups in total. The molecule has 0 saturated carbocycles. The molecule has 0 saturated heterocycles. The molecule has 0 radical (unpaired) electrons. The van der Waals surface area contributed by atoms with E-state index in [1.54, 1.807) is 22.6 Å². The summed E-state index contributed by atoms with van der Waals surface area (Å²) in [6.07, 6.45) is 0. The number of benzene rings is 2. The van der Waals surface area contributed by atoms with Gasteiger partial charge in [0.15, 0.2) is 0 Å². The van der Waals surface area contributed by atoms with Gasteiger partial charge in [0.25, 0.3) is 5.56 Å². The quantitative estimate of drug-likeness (QED) is 0.375. The first-order valence-corrected chi connectivity index (χ1v) is 10.7. The SMILES string of the molecule is Cc1cccc2nc(CSc3nnc(-c4ccc(F)cc4)c4ccccc34)cc(=O)n12. The number of hydrogen-bond acceptors (Lipinski definition) is 5. The van der Waals surface area contributed by atoms with Gasteiger partial charge in [-0.05, 0) is 43.3 Å². The Morgan fingerprint density at radius 3 is 2.52 bits per heavy atom. The highest BCUT2D eigenvalue weighted by atomic mass is 32.2. The van der Waals surface area contributed by atoms with Gasteiger partial charge in [0.05, 0.1) is 5.69 Å². The highest BCUT2D eigenvalue weighted by Gasteiger charge is 2.12. The summed E-state index contributed by atoms with van der Waals surface area (Å²) < 4.78 is 14.9. The molecule has 31 heavy (non-hydrogen) atoms. The maximum atomic E-state index is 13.3. The standard InChI is InChI=1S/C24H17FN4OS/c1-15-5-4-8-21-26-18(13-22(30)29(15)21)14-31-24-20-7-3-2-6-19(20)23(27-28-24)16-9-11-17(25)12-10-16/h2-13H,14H2,1H3. The maximum Gasteiger partial charge on any atom is 0.258 e. The van der Waals surface area contributed by atoms with Gasteiger partial charge in [0.1, 0.15) is 22.2 Å². The molecule has 5 aromatic rings. The van der Waals surface area contributed by atoms with Crippen molar-refractivity contribution in [2.75, 3.05) is 0 Å². The van der Waals surface area contributed by atoms with Crippen LogP contribution in [-0.2, 0) is 5.75 Å². The molecule has 0 fully saturated rings. The predicted octanol–water partition coefficient (Wildman–Crippen LogP) is 5.04. The van der Waals surface area contributed by atoms with Crippen molar-refractivity contribution < 1.29 is 4.39 Å². The number of halogens is 1. The van der Waals surface area contributed by atoms with E-state index in [0.29, 0.717) is 22.8 Å². The van der Waals surface area contributed by atoms with Gasteiger partial charge in [-0.2, -0.15) is 0 Å². The first-order chi connectivity index (χ1) is 15.1. The normalized spacial score (nSPS) is 11.3. The van der Waals surface area contributed by atoms with Crippen molar-refractivity contribution in [3.05, 3.63) is 100 Å². The molecule has 5 rings (SSSR count). The van der Waals surface area contributed by atoms with Crippen molar-refractivity contribution in [2.45, 2.75) is 17.7 Å². The van der Waals surface area contributed by atoms with Crippen molar-refractivity contribution in [2.24, 2.45) is 0 Å². The minimum Gasteiger partial charge on any atom is -0.269 e. The summed E-state index contributed by atoms with van der Waals surface area (Å²) in [5.41, 5.74) is 3.59. The van der Waals surface area contributed by atoms with Crippen LogP contribution in [0.5, 0.6) is 0 Å².